The van der Waals surface area contributed by atoms with Crippen molar-refractivity contribution in [3.8, 4) is 0 Å². The van der Waals surface area contributed by atoms with Crippen LogP contribution in [-0.4, -0.2) is 18.1 Å². The van der Waals surface area contributed by atoms with E-state index in [0.29, 0.717) is 6.61 Å². The van der Waals surface area contributed by atoms with Crippen molar-refractivity contribution in [1.29, 1.82) is 0 Å². The average Bonchev–Trinajstić information content (AvgIpc) is 2.62. The lowest BCUT2D eigenvalue weighted by atomic mass is 10.0. The van der Waals surface area contributed by atoms with E-state index in [1.807, 2.05) is 0 Å². The van der Waals surface area contributed by atoms with Crippen LogP contribution in [0.25, 0.3) is 0 Å². The Labute approximate surface area is 183 Å². The summed E-state index contributed by atoms with van der Waals surface area (Å²) in [6.07, 6.45) is 23.2. The number of ether oxygens (including phenoxy) is 1. The van der Waals surface area contributed by atoms with Gasteiger partial charge < -0.3 is 4.74 Å². The zero-order valence-electron chi connectivity index (χ0n) is 18.2. The van der Waals surface area contributed by atoms with Gasteiger partial charge in [-0.3, -0.25) is 0 Å². The lowest BCUT2D eigenvalue weighted by molar-refractivity contribution is -0.137. The van der Waals surface area contributed by atoms with Crippen molar-refractivity contribution in [2.75, 3.05) is 6.61 Å². The predicted octanol–water partition coefficient (Wildman–Crippen LogP) is 8.60. The maximum atomic E-state index is 10.9. The van der Waals surface area contributed by atoms with Crippen LogP contribution in [0.3, 0.4) is 0 Å². The molecular weight excluding hydrogens is 463 g/mol. The number of rotatable bonds is 20. The molecule has 0 aliphatic carbocycles. The zero-order chi connectivity index (χ0) is 20.2. The van der Waals surface area contributed by atoms with Crippen LogP contribution in [0.4, 0.5) is 0 Å². The van der Waals surface area contributed by atoms with Gasteiger partial charge in [0, 0.05) is 6.08 Å². The third-order valence-corrected chi connectivity index (χ3v) is 8.24. The standard InChI is InChI=1S/C23H45IO2Si/c1-4-23(25)26-21-19-17-15-13-11-9-7-5-6-8-10-12-14-16-18-20-22-27(2,3)24/h4H,1,5-22H2,2-3H3. The fourth-order valence-corrected chi connectivity index (χ4v) is 5.59. The van der Waals surface area contributed by atoms with Gasteiger partial charge in [0.05, 0.1) is 6.61 Å². The number of esters is 1. The van der Waals surface area contributed by atoms with E-state index >= 15 is 0 Å². The van der Waals surface area contributed by atoms with Crippen LogP contribution in [0.5, 0.6) is 0 Å². The molecule has 0 saturated heterocycles. The Morgan fingerprint density at radius 1 is 0.741 bits per heavy atom. The molecule has 0 heterocycles. The summed E-state index contributed by atoms with van der Waals surface area (Å²) in [5.41, 5.74) is -0.822. The molecule has 2 nitrogen and oxygen atoms in total. The van der Waals surface area contributed by atoms with Crippen molar-refractivity contribution in [2.45, 2.75) is 122 Å². The molecule has 27 heavy (non-hydrogen) atoms. The molecule has 0 amide bonds. The van der Waals surface area contributed by atoms with Gasteiger partial charge in [-0.15, -0.1) is 21.8 Å². The smallest absolute Gasteiger partial charge is 0.330 e. The highest BCUT2D eigenvalue weighted by atomic mass is 127. The van der Waals surface area contributed by atoms with Crippen LogP contribution in [0.2, 0.25) is 19.1 Å². The molecule has 160 valence electrons. The largest absolute Gasteiger partial charge is 0.463 e. The molecule has 0 saturated carbocycles. The number of hydrogen-bond donors (Lipinski definition) is 0. The van der Waals surface area contributed by atoms with Gasteiger partial charge >= 0.3 is 5.97 Å². The van der Waals surface area contributed by atoms with Crippen LogP contribution in [0, 0.1) is 0 Å². The van der Waals surface area contributed by atoms with Crippen molar-refractivity contribution in [3.05, 3.63) is 12.7 Å². The first-order valence-electron chi connectivity index (χ1n) is 11.4. The predicted molar refractivity (Wildman–Crippen MR) is 131 cm³/mol. The summed E-state index contributed by atoms with van der Waals surface area (Å²) in [6, 6.07) is 1.50. The molecule has 0 fully saturated rings. The number of carbonyl (C=O) groups is 1. The Hall–Kier alpha value is 0.157. The maximum Gasteiger partial charge on any atom is 0.330 e. The van der Waals surface area contributed by atoms with E-state index in [1.165, 1.54) is 108 Å². The van der Waals surface area contributed by atoms with E-state index in [9.17, 15) is 4.79 Å². The highest BCUT2D eigenvalue weighted by molar-refractivity contribution is 14.1. The third-order valence-electron chi connectivity index (χ3n) is 5.08. The van der Waals surface area contributed by atoms with Crippen molar-refractivity contribution in [3.63, 3.8) is 0 Å². The Morgan fingerprint density at radius 3 is 1.41 bits per heavy atom. The van der Waals surface area contributed by atoms with E-state index in [0.717, 1.165) is 6.42 Å². The first kappa shape index (κ1) is 27.2. The summed E-state index contributed by atoms with van der Waals surface area (Å²) in [4.78, 5) is 10.9. The number of unbranched alkanes of at least 4 members (excludes halogenated alkanes) is 15. The second-order valence-corrected chi connectivity index (χ2v) is 21.2. The van der Waals surface area contributed by atoms with Crippen LogP contribution in [0.1, 0.15) is 103 Å². The van der Waals surface area contributed by atoms with Crippen molar-refractivity contribution in [2.24, 2.45) is 0 Å². The highest BCUT2D eigenvalue weighted by Gasteiger charge is 2.14. The second kappa shape index (κ2) is 19.5. The molecule has 0 N–H and O–H groups in total. The fourth-order valence-electron chi connectivity index (χ4n) is 3.35. The van der Waals surface area contributed by atoms with Crippen LogP contribution in [-0.2, 0) is 9.53 Å². The number of hydrogen-bond acceptors (Lipinski definition) is 2. The van der Waals surface area contributed by atoms with Gasteiger partial charge in [-0.2, -0.15) is 0 Å². The van der Waals surface area contributed by atoms with E-state index < -0.39 is 5.57 Å². The third kappa shape index (κ3) is 24.1. The lowest BCUT2D eigenvalue weighted by Crippen LogP contribution is -2.13. The van der Waals surface area contributed by atoms with E-state index in [-0.39, 0.29) is 5.97 Å². The van der Waals surface area contributed by atoms with Crippen LogP contribution < -0.4 is 0 Å². The molecule has 0 aliphatic rings. The van der Waals surface area contributed by atoms with Gasteiger partial charge in [0.25, 0.3) is 0 Å². The average molecular weight is 509 g/mol. The molecule has 0 unspecified atom stereocenters. The molecule has 0 bridgehead atoms. The quantitative estimate of drug-likeness (QED) is 0.0411. The molecule has 0 aromatic heterocycles. The van der Waals surface area contributed by atoms with E-state index in [1.54, 1.807) is 0 Å². The van der Waals surface area contributed by atoms with Crippen molar-refractivity contribution < 1.29 is 9.53 Å². The molecule has 0 rings (SSSR count). The van der Waals surface area contributed by atoms with E-state index in [2.05, 4.69) is 41.5 Å². The monoisotopic (exact) mass is 508 g/mol. The Morgan fingerprint density at radius 2 is 1.07 bits per heavy atom. The minimum Gasteiger partial charge on any atom is -0.463 e. The SMILES string of the molecule is C=CC(=O)OCCCCCCCCCCCCCCCCCC[Si](C)(C)I. The van der Waals surface area contributed by atoms with Crippen LogP contribution >= 0.6 is 21.8 Å². The Kier molecular flexibility index (Phi) is 19.6. The first-order chi connectivity index (χ1) is 13.0. The van der Waals surface area contributed by atoms with Gasteiger partial charge in [0.15, 0.2) is 0 Å². The van der Waals surface area contributed by atoms with Gasteiger partial charge in [0.2, 0.25) is 0 Å². The maximum absolute atomic E-state index is 10.9. The molecular formula is C23H45IO2Si. The molecule has 0 atom stereocenters. The van der Waals surface area contributed by atoms with Gasteiger partial charge in [-0.25, -0.2) is 4.79 Å². The summed E-state index contributed by atoms with van der Waals surface area (Å²) < 4.78 is 4.97. The van der Waals surface area contributed by atoms with E-state index in [4.69, 9.17) is 4.74 Å². The highest BCUT2D eigenvalue weighted by Crippen LogP contribution is 2.22. The summed E-state index contributed by atoms with van der Waals surface area (Å²) in [5.74, 6) is -0.299. The fraction of sp³-hybridized carbons (Fsp3) is 0.870. The van der Waals surface area contributed by atoms with Gasteiger partial charge in [-0.1, -0.05) is 116 Å². The normalized spacial score (nSPS) is 11.5. The lowest BCUT2D eigenvalue weighted by Gasteiger charge is -2.12. The molecule has 0 aromatic rings. The number of carbonyl (C=O) groups excluding carboxylic acids is 1. The minimum absolute atomic E-state index is 0.299. The van der Waals surface area contributed by atoms with Gasteiger partial charge in [-0.05, 0) is 12.5 Å². The molecule has 0 aromatic carbocycles. The summed E-state index contributed by atoms with van der Waals surface area (Å²) >= 11 is 2.70. The minimum atomic E-state index is -0.822. The van der Waals surface area contributed by atoms with Crippen molar-refractivity contribution in [1.82, 2.24) is 0 Å². The first-order valence-corrected chi connectivity index (χ1v) is 17.8. The molecule has 0 spiro atoms. The van der Waals surface area contributed by atoms with Gasteiger partial charge in [0.1, 0.15) is 5.57 Å². The van der Waals surface area contributed by atoms with Crippen molar-refractivity contribution >= 4 is 33.3 Å². The summed E-state index contributed by atoms with van der Waals surface area (Å²) in [6.45, 7) is 8.88. The summed E-state index contributed by atoms with van der Waals surface area (Å²) in [7, 11) is 0. The molecule has 0 radical (unpaired) electrons. The molecule has 0 aliphatic heterocycles. The molecule has 4 heteroatoms. The Balaban J connectivity index is 3.07. The summed E-state index contributed by atoms with van der Waals surface area (Å²) in [5, 5.41) is 0. The zero-order valence-corrected chi connectivity index (χ0v) is 21.4. The van der Waals surface area contributed by atoms with Crippen LogP contribution in [0.15, 0.2) is 12.7 Å². The topological polar surface area (TPSA) is 26.3 Å². The second-order valence-electron chi connectivity index (χ2n) is 8.50. The number of halogens is 1. The Bertz CT molecular complexity index is 353.